The second kappa shape index (κ2) is 11.6. The van der Waals surface area contributed by atoms with Gasteiger partial charge in [-0.2, -0.15) is 0 Å². The van der Waals surface area contributed by atoms with Crippen LogP contribution in [0, 0.1) is 18.8 Å². The van der Waals surface area contributed by atoms with Crippen molar-refractivity contribution in [3.8, 4) is 0 Å². The second-order valence-corrected chi connectivity index (χ2v) is 12.5. The number of aryl methyl sites for hydroxylation is 1. The molecule has 5 rings (SSSR count). The molecule has 3 aromatic rings. The minimum absolute atomic E-state index is 0.0829. The van der Waals surface area contributed by atoms with Gasteiger partial charge in [0.15, 0.2) is 0 Å². The quantitative estimate of drug-likeness (QED) is 0.307. The van der Waals surface area contributed by atoms with Crippen LogP contribution >= 0.6 is 15.9 Å². The highest BCUT2D eigenvalue weighted by atomic mass is 79.9. The number of fused-ring (bicyclic) bond motifs is 1. The zero-order chi connectivity index (χ0) is 25.1. The maximum Gasteiger partial charge on any atom is 0.134 e. The van der Waals surface area contributed by atoms with Gasteiger partial charge in [-0.05, 0) is 80.5 Å². The van der Waals surface area contributed by atoms with Gasteiger partial charge in [0.2, 0.25) is 0 Å². The van der Waals surface area contributed by atoms with E-state index in [2.05, 4.69) is 76.1 Å². The van der Waals surface area contributed by atoms with Gasteiger partial charge in [0.05, 0.1) is 0 Å². The molecule has 1 heterocycles. The predicted octanol–water partition coefficient (Wildman–Crippen LogP) is 8.29. The van der Waals surface area contributed by atoms with Crippen molar-refractivity contribution in [2.45, 2.75) is 96.1 Å². The summed E-state index contributed by atoms with van der Waals surface area (Å²) >= 11 is 3.72. The third-order valence-corrected chi connectivity index (χ3v) is 9.21. The largest absolute Gasteiger partial charge is 0.347 e. The van der Waals surface area contributed by atoms with Gasteiger partial charge in [-0.1, -0.05) is 71.1 Å². The normalized spacial score (nSPS) is 22.1. The Morgan fingerprint density at radius 2 is 1.78 bits per heavy atom. The second-order valence-electron chi connectivity index (χ2n) is 11.6. The summed E-state index contributed by atoms with van der Waals surface area (Å²) in [5.74, 6) is 1.73. The number of nitrogens with two attached hydrogens (primary N) is 1. The van der Waals surface area contributed by atoms with Crippen molar-refractivity contribution in [2.24, 2.45) is 17.6 Å². The van der Waals surface area contributed by atoms with Gasteiger partial charge in [0.25, 0.3) is 0 Å². The molecule has 0 amide bonds. The number of hydrogen-bond donors (Lipinski definition) is 1. The number of carbonyl (C=O) groups is 1. The van der Waals surface area contributed by atoms with Crippen LogP contribution < -0.4 is 5.73 Å². The number of aromatic nitrogens is 1. The SMILES string of the molecule is Cc1cccc(C(CC(=O)CC2CCC(N)CC2)c2cn(CC3CCCCC3)c3cc(Br)ccc23)c1. The summed E-state index contributed by atoms with van der Waals surface area (Å²) in [4.78, 5) is 13.5. The molecule has 192 valence electrons. The molecule has 1 aromatic heterocycles. The molecule has 2 saturated carbocycles. The Balaban J connectivity index is 1.48. The Bertz CT molecular complexity index is 1180. The first-order valence-electron chi connectivity index (χ1n) is 14.1. The van der Waals surface area contributed by atoms with Crippen LogP contribution in [0.25, 0.3) is 10.9 Å². The monoisotopic (exact) mass is 548 g/mol. The molecule has 4 heteroatoms. The van der Waals surface area contributed by atoms with Gasteiger partial charge < -0.3 is 10.3 Å². The molecule has 0 saturated heterocycles. The van der Waals surface area contributed by atoms with Crippen LogP contribution in [-0.4, -0.2) is 16.4 Å². The minimum Gasteiger partial charge on any atom is -0.347 e. The predicted molar refractivity (Wildman–Crippen MR) is 153 cm³/mol. The van der Waals surface area contributed by atoms with E-state index in [9.17, 15) is 4.79 Å². The van der Waals surface area contributed by atoms with E-state index in [1.807, 2.05) is 0 Å². The first-order chi connectivity index (χ1) is 17.5. The Labute approximate surface area is 225 Å². The average molecular weight is 550 g/mol. The fourth-order valence-corrected chi connectivity index (χ4v) is 7.04. The minimum atomic E-state index is 0.0829. The summed E-state index contributed by atoms with van der Waals surface area (Å²) < 4.78 is 3.60. The zero-order valence-electron chi connectivity index (χ0n) is 21.7. The third-order valence-electron chi connectivity index (χ3n) is 8.71. The number of hydrogen-bond acceptors (Lipinski definition) is 2. The Hall–Kier alpha value is -1.91. The van der Waals surface area contributed by atoms with E-state index in [0.29, 0.717) is 30.6 Å². The van der Waals surface area contributed by atoms with Gasteiger partial charge in [0, 0.05) is 52.9 Å². The lowest BCUT2D eigenvalue weighted by Gasteiger charge is -2.26. The van der Waals surface area contributed by atoms with Crippen LogP contribution in [0.3, 0.4) is 0 Å². The smallest absolute Gasteiger partial charge is 0.134 e. The van der Waals surface area contributed by atoms with Crippen LogP contribution in [0.15, 0.2) is 53.1 Å². The first-order valence-corrected chi connectivity index (χ1v) is 14.9. The third kappa shape index (κ3) is 6.14. The van der Waals surface area contributed by atoms with Crippen LogP contribution in [0.1, 0.15) is 93.2 Å². The molecule has 2 fully saturated rings. The van der Waals surface area contributed by atoms with E-state index in [0.717, 1.165) is 42.6 Å². The Morgan fingerprint density at radius 3 is 2.53 bits per heavy atom. The molecule has 2 aliphatic rings. The van der Waals surface area contributed by atoms with E-state index in [4.69, 9.17) is 5.73 Å². The maximum absolute atomic E-state index is 13.5. The lowest BCUT2D eigenvalue weighted by molar-refractivity contribution is -0.120. The Kier molecular flexibility index (Phi) is 8.32. The number of ketones is 1. The molecule has 3 nitrogen and oxygen atoms in total. The molecule has 1 atom stereocenters. The molecule has 2 aromatic carbocycles. The number of halogens is 1. The number of Topliss-reactive ketones (excluding diaryl/α,β-unsaturated/α-hetero) is 1. The van der Waals surface area contributed by atoms with Crippen LogP contribution in [0.4, 0.5) is 0 Å². The average Bonchev–Trinajstić information content (AvgIpc) is 3.21. The van der Waals surface area contributed by atoms with Crippen LogP contribution in [0.2, 0.25) is 0 Å². The molecular formula is C32H41BrN2O. The van der Waals surface area contributed by atoms with Crippen molar-refractivity contribution in [3.63, 3.8) is 0 Å². The van der Waals surface area contributed by atoms with E-state index >= 15 is 0 Å². The number of carbonyl (C=O) groups excluding carboxylic acids is 1. The van der Waals surface area contributed by atoms with Crippen molar-refractivity contribution >= 4 is 32.6 Å². The van der Waals surface area contributed by atoms with Gasteiger partial charge in [-0.25, -0.2) is 0 Å². The van der Waals surface area contributed by atoms with Gasteiger partial charge in [0.1, 0.15) is 5.78 Å². The molecule has 2 aliphatic carbocycles. The highest BCUT2D eigenvalue weighted by Crippen LogP contribution is 2.38. The zero-order valence-corrected chi connectivity index (χ0v) is 23.3. The van der Waals surface area contributed by atoms with E-state index in [1.165, 1.54) is 59.7 Å². The number of nitrogens with zero attached hydrogens (tertiary/aromatic N) is 1. The van der Waals surface area contributed by atoms with Crippen molar-refractivity contribution in [3.05, 3.63) is 69.8 Å². The highest BCUT2D eigenvalue weighted by Gasteiger charge is 2.27. The first kappa shape index (κ1) is 25.7. The number of benzene rings is 2. The summed E-state index contributed by atoms with van der Waals surface area (Å²) in [5, 5.41) is 1.29. The maximum atomic E-state index is 13.5. The van der Waals surface area contributed by atoms with Gasteiger partial charge >= 0.3 is 0 Å². The lowest BCUT2D eigenvalue weighted by Crippen LogP contribution is -2.27. The Morgan fingerprint density at radius 1 is 1.00 bits per heavy atom. The molecule has 0 radical (unpaired) electrons. The summed E-state index contributed by atoms with van der Waals surface area (Å²) in [6.45, 7) is 3.22. The molecule has 0 bridgehead atoms. The summed E-state index contributed by atoms with van der Waals surface area (Å²) in [6.07, 6.45) is 14.7. The van der Waals surface area contributed by atoms with Crippen molar-refractivity contribution in [2.75, 3.05) is 0 Å². The summed E-state index contributed by atoms with van der Waals surface area (Å²) in [5.41, 5.74) is 11.2. The van der Waals surface area contributed by atoms with E-state index < -0.39 is 0 Å². The molecular weight excluding hydrogens is 508 g/mol. The van der Waals surface area contributed by atoms with Crippen LogP contribution in [0.5, 0.6) is 0 Å². The summed E-state index contributed by atoms with van der Waals surface area (Å²) in [7, 11) is 0. The van der Waals surface area contributed by atoms with Crippen molar-refractivity contribution < 1.29 is 4.79 Å². The molecule has 0 aliphatic heterocycles. The van der Waals surface area contributed by atoms with Gasteiger partial charge in [-0.15, -0.1) is 0 Å². The molecule has 1 unspecified atom stereocenters. The van der Waals surface area contributed by atoms with Crippen molar-refractivity contribution in [1.82, 2.24) is 4.57 Å². The highest BCUT2D eigenvalue weighted by molar-refractivity contribution is 9.10. The lowest BCUT2D eigenvalue weighted by atomic mass is 9.80. The van der Waals surface area contributed by atoms with E-state index in [-0.39, 0.29) is 5.92 Å². The topological polar surface area (TPSA) is 48.0 Å². The number of rotatable bonds is 8. The summed E-state index contributed by atoms with van der Waals surface area (Å²) in [6, 6.07) is 15.8. The fourth-order valence-electron chi connectivity index (χ4n) is 6.69. The fraction of sp³-hybridized carbons (Fsp3) is 0.531. The molecule has 2 N–H and O–H groups in total. The van der Waals surface area contributed by atoms with Crippen molar-refractivity contribution in [1.29, 1.82) is 0 Å². The van der Waals surface area contributed by atoms with E-state index in [1.54, 1.807) is 0 Å². The standard InChI is InChI=1S/C32H41BrN2O/c1-22-6-5-9-25(16-22)30(19-28(36)17-23-10-13-27(34)14-11-23)31-21-35(20-24-7-3-2-4-8-24)32-18-26(33)12-15-29(31)32/h5-6,9,12,15-16,18,21,23-24,27,30H,2-4,7-8,10-11,13-14,17,19-20,34H2,1H3. The van der Waals surface area contributed by atoms with Crippen LogP contribution in [-0.2, 0) is 11.3 Å². The molecule has 36 heavy (non-hydrogen) atoms. The molecule has 0 spiro atoms. The van der Waals surface area contributed by atoms with Gasteiger partial charge in [-0.3, -0.25) is 4.79 Å².